The summed E-state index contributed by atoms with van der Waals surface area (Å²) in [6.45, 7) is 1.79. The molecule has 3 rings (SSSR count). The van der Waals surface area contributed by atoms with E-state index >= 15 is 0 Å². The van der Waals surface area contributed by atoms with Crippen LogP contribution in [-0.4, -0.2) is 33.5 Å². The number of nitrogens with zero attached hydrogens (tertiary/aromatic N) is 2. The number of carbonyl (C=O) groups excluding carboxylic acids is 1. The van der Waals surface area contributed by atoms with E-state index < -0.39 is 0 Å². The molecular formula is C14H13N3O2S2. The molecule has 0 spiro atoms. The number of rotatable bonds is 5. The molecule has 21 heavy (non-hydrogen) atoms. The minimum absolute atomic E-state index is 0.0285. The first-order chi connectivity index (χ1) is 10.2. The van der Waals surface area contributed by atoms with Crippen molar-refractivity contribution in [2.45, 2.75) is 13.0 Å². The van der Waals surface area contributed by atoms with Gasteiger partial charge in [-0.1, -0.05) is 6.07 Å². The number of hydrogen-bond donors (Lipinski definition) is 2. The molecule has 1 unspecified atom stereocenters. The molecule has 5 nitrogen and oxygen atoms in total. The van der Waals surface area contributed by atoms with Crippen molar-refractivity contribution in [2.75, 3.05) is 11.9 Å². The van der Waals surface area contributed by atoms with Crippen molar-refractivity contribution in [1.29, 1.82) is 0 Å². The van der Waals surface area contributed by atoms with Crippen LogP contribution in [0.4, 0.5) is 5.95 Å². The third kappa shape index (κ3) is 2.80. The average molecular weight is 319 g/mol. The second-order valence-corrected chi connectivity index (χ2v) is 6.43. The molecule has 3 aromatic rings. The van der Waals surface area contributed by atoms with Gasteiger partial charge in [-0.05, 0) is 29.8 Å². The van der Waals surface area contributed by atoms with Crippen LogP contribution in [0.5, 0.6) is 0 Å². The highest BCUT2D eigenvalue weighted by Crippen LogP contribution is 2.26. The van der Waals surface area contributed by atoms with E-state index in [1.165, 1.54) is 22.7 Å². The third-order valence-electron chi connectivity index (χ3n) is 2.91. The Labute approximate surface area is 129 Å². The Morgan fingerprint density at radius 1 is 1.33 bits per heavy atom. The summed E-state index contributed by atoms with van der Waals surface area (Å²) in [4.78, 5) is 22.0. The first-order valence-electron chi connectivity index (χ1n) is 6.40. The van der Waals surface area contributed by atoms with Crippen LogP contribution < -0.4 is 5.32 Å². The van der Waals surface area contributed by atoms with Crippen LogP contribution in [0.25, 0.3) is 10.2 Å². The molecule has 0 aromatic carbocycles. The minimum Gasteiger partial charge on any atom is -0.394 e. The first-order valence-corrected chi connectivity index (χ1v) is 8.16. The highest BCUT2D eigenvalue weighted by Gasteiger charge is 2.19. The molecule has 3 aromatic heterocycles. The lowest BCUT2D eigenvalue weighted by atomic mass is 10.2. The van der Waals surface area contributed by atoms with E-state index in [9.17, 15) is 4.79 Å². The Balaban J connectivity index is 2.07. The number of carbonyl (C=O) groups is 1. The molecule has 108 valence electrons. The number of aliphatic hydroxyl groups is 1. The monoisotopic (exact) mass is 319 g/mol. The lowest BCUT2D eigenvalue weighted by Crippen LogP contribution is -2.21. The Bertz CT molecular complexity index is 768. The van der Waals surface area contributed by atoms with E-state index in [0.717, 1.165) is 10.2 Å². The number of aliphatic hydroxyl groups excluding tert-OH is 1. The van der Waals surface area contributed by atoms with Gasteiger partial charge < -0.3 is 10.4 Å². The summed E-state index contributed by atoms with van der Waals surface area (Å²) >= 11 is 2.85. The van der Waals surface area contributed by atoms with Crippen molar-refractivity contribution in [1.82, 2.24) is 9.97 Å². The zero-order valence-electron chi connectivity index (χ0n) is 11.2. The largest absolute Gasteiger partial charge is 0.394 e. The summed E-state index contributed by atoms with van der Waals surface area (Å²) in [6, 6.07) is 5.32. The summed E-state index contributed by atoms with van der Waals surface area (Å²) in [6.07, 6.45) is 0. The van der Waals surface area contributed by atoms with Crippen LogP contribution in [0.15, 0.2) is 29.0 Å². The molecule has 0 saturated carbocycles. The van der Waals surface area contributed by atoms with Crippen LogP contribution in [0.2, 0.25) is 0 Å². The number of aromatic nitrogens is 2. The van der Waals surface area contributed by atoms with Gasteiger partial charge in [0.2, 0.25) is 11.7 Å². The maximum Gasteiger partial charge on any atom is 0.224 e. The molecule has 1 atom stereocenters. The molecule has 0 fully saturated rings. The van der Waals surface area contributed by atoms with Gasteiger partial charge in [-0.25, -0.2) is 9.97 Å². The maximum atomic E-state index is 12.6. The molecule has 0 amide bonds. The first kappa shape index (κ1) is 14.1. The summed E-state index contributed by atoms with van der Waals surface area (Å²) in [5.41, 5.74) is 1.15. The Morgan fingerprint density at radius 3 is 2.90 bits per heavy atom. The quantitative estimate of drug-likeness (QED) is 0.707. The normalized spacial score (nSPS) is 12.5. The Morgan fingerprint density at radius 2 is 2.19 bits per heavy atom. The summed E-state index contributed by atoms with van der Waals surface area (Å²) in [5, 5.41) is 15.9. The van der Waals surface area contributed by atoms with Crippen LogP contribution in [0, 0.1) is 0 Å². The zero-order chi connectivity index (χ0) is 14.8. The smallest absolute Gasteiger partial charge is 0.224 e. The Kier molecular flexibility index (Phi) is 3.96. The number of hydrogen-bond acceptors (Lipinski definition) is 7. The predicted octanol–water partition coefficient (Wildman–Crippen LogP) is 2.78. The van der Waals surface area contributed by atoms with E-state index in [1.54, 1.807) is 6.07 Å². The summed E-state index contributed by atoms with van der Waals surface area (Å²) in [5.74, 6) is 0.266. The molecule has 3 heterocycles. The highest BCUT2D eigenvalue weighted by molar-refractivity contribution is 7.17. The lowest BCUT2D eigenvalue weighted by molar-refractivity contribution is 0.103. The van der Waals surface area contributed by atoms with Crippen molar-refractivity contribution in [3.05, 3.63) is 39.5 Å². The van der Waals surface area contributed by atoms with Crippen LogP contribution in [-0.2, 0) is 0 Å². The predicted molar refractivity (Wildman–Crippen MR) is 85.3 cm³/mol. The van der Waals surface area contributed by atoms with E-state index in [-0.39, 0.29) is 18.4 Å². The molecule has 0 aliphatic rings. The SMILES string of the molecule is CC(CO)Nc1nc(C(=O)c2cccs2)c2sccc2n1. The summed E-state index contributed by atoms with van der Waals surface area (Å²) < 4.78 is 0.788. The van der Waals surface area contributed by atoms with Crippen molar-refractivity contribution < 1.29 is 9.90 Å². The van der Waals surface area contributed by atoms with Gasteiger partial charge in [0, 0.05) is 6.04 Å². The van der Waals surface area contributed by atoms with E-state index in [2.05, 4.69) is 15.3 Å². The van der Waals surface area contributed by atoms with Crippen LogP contribution >= 0.6 is 22.7 Å². The standard InChI is InChI=1S/C14H13N3O2S2/c1-8(7-18)15-14-16-9-4-6-21-13(9)11(17-14)12(19)10-3-2-5-20-10/h2-6,8,18H,7H2,1H3,(H,15,16,17). The van der Waals surface area contributed by atoms with Gasteiger partial charge in [-0.15, -0.1) is 22.7 Å². The van der Waals surface area contributed by atoms with Crippen molar-refractivity contribution in [2.24, 2.45) is 0 Å². The van der Waals surface area contributed by atoms with Crippen molar-refractivity contribution in [3.63, 3.8) is 0 Å². The van der Waals surface area contributed by atoms with Gasteiger partial charge in [-0.3, -0.25) is 4.79 Å². The van der Waals surface area contributed by atoms with Gasteiger partial charge in [0.15, 0.2) is 0 Å². The maximum absolute atomic E-state index is 12.6. The molecule has 7 heteroatoms. The molecule has 0 aliphatic heterocycles. The van der Waals surface area contributed by atoms with Gasteiger partial charge in [-0.2, -0.15) is 0 Å². The van der Waals surface area contributed by atoms with Gasteiger partial charge >= 0.3 is 0 Å². The van der Waals surface area contributed by atoms with E-state index in [0.29, 0.717) is 16.5 Å². The fourth-order valence-electron chi connectivity index (χ4n) is 1.87. The number of nitrogens with one attached hydrogen (secondary N) is 1. The van der Waals surface area contributed by atoms with Crippen molar-refractivity contribution in [3.8, 4) is 0 Å². The average Bonchev–Trinajstić information content (AvgIpc) is 3.16. The zero-order valence-corrected chi connectivity index (χ0v) is 12.9. The third-order valence-corrected chi connectivity index (χ3v) is 4.69. The minimum atomic E-state index is -0.175. The number of thiophene rings is 2. The fourth-order valence-corrected chi connectivity index (χ4v) is 3.35. The number of ketones is 1. The van der Waals surface area contributed by atoms with Crippen LogP contribution in [0.3, 0.4) is 0 Å². The van der Waals surface area contributed by atoms with E-state index in [4.69, 9.17) is 5.11 Å². The number of fused-ring (bicyclic) bond motifs is 1. The second kappa shape index (κ2) is 5.88. The highest BCUT2D eigenvalue weighted by atomic mass is 32.1. The molecule has 0 saturated heterocycles. The van der Waals surface area contributed by atoms with Gasteiger partial charge in [0.1, 0.15) is 5.69 Å². The molecule has 2 N–H and O–H groups in total. The fraction of sp³-hybridized carbons (Fsp3) is 0.214. The Hall–Kier alpha value is -1.83. The second-order valence-electron chi connectivity index (χ2n) is 4.57. The van der Waals surface area contributed by atoms with Gasteiger partial charge in [0.25, 0.3) is 0 Å². The molecular weight excluding hydrogens is 306 g/mol. The molecule has 0 radical (unpaired) electrons. The van der Waals surface area contributed by atoms with Gasteiger partial charge in [0.05, 0.1) is 21.7 Å². The lowest BCUT2D eigenvalue weighted by Gasteiger charge is -2.11. The topological polar surface area (TPSA) is 75.1 Å². The number of anilines is 1. The van der Waals surface area contributed by atoms with E-state index in [1.807, 2.05) is 29.8 Å². The van der Waals surface area contributed by atoms with Crippen molar-refractivity contribution >= 4 is 44.6 Å². The molecule has 0 bridgehead atoms. The van der Waals surface area contributed by atoms with Crippen LogP contribution in [0.1, 0.15) is 22.3 Å². The summed E-state index contributed by atoms with van der Waals surface area (Å²) in [7, 11) is 0. The molecule has 0 aliphatic carbocycles.